The second kappa shape index (κ2) is 3.50. The lowest BCUT2D eigenvalue weighted by Crippen LogP contribution is -2.25. The normalized spacial score (nSPS) is 16.8. The predicted octanol–water partition coefficient (Wildman–Crippen LogP) is 2.00. The van der Waals surface area contributed by atoms with Crippen LogP contribution in [0, 0.1) is 6.92 Å². The van der Waals surface area contributed by atoms with Crippen LogP contribution in [-0.2, 0) is 13.0 Å². The van der Waals surface area contributed by atoms with Crippen molar-refractivity contribution in [3.05, 3.63) is 23.2 Å². The molecule has 0 spiro atoms. The summed E-state index contributed by atoms with van der Waals surface area (Å²) < 4.78 is 5.53. The number of rotatable bonds is 0. The Bertz CT molecular complexity index is 269. The lowest BCUT2D eigenvalue weighted by Gasteiger charge is -2.20. The van der Waals surface area contributed by atoms with Gasteiger partial charge in [-0.15, -0.1) is 12.4 Å². The zero-order valence-corrected chi connectivity index (χ0v) is 8.28. The fourth-order valence-electron chi connectivity index (χ4n) is 1.60. The van der Waals surface area contributed by atoms with Crippen molar-refractivity contribution in [3.8, 4) is 0 Å². The molecule has 0 fully saturated rings. The standard InChI is InChI=1S/C9H13NO.ClH/c1-7-5-8-3-4-10(2)6-9(8)11-7;/h5H,3-4,6H2,1-2H3;1H. The van der Waals surface area contributed by atoms with E-state index in [1.807, 2.05) is 6.92 Å². The molecule has 1 aromatic rings. The van der Waals surface area contributed by atoms with Crippen molar-refractivity contribution in [1.29, 1.82) is 0 Å². The first-order valence-electron chi connectivity index (χ1n) is 4.02. The van der Waals surface area contributed by atoms with Crippen LogP contribution < -0.4 is 0 Å². The number of hydrogen-bond acceptors (Lipinski definition) is 2. The second-order valence-corrected chi connectivity index (χ2v) is 3.29. The molecular formula is C9H14ClNO. The summed E-state index contributed by atoms with van der Waals surface area (Å²) in [6.07, 6.45) is 1.14. The maximum absolute atomic E-state index is 5.53. The van der Waals surface area contributed by atoms with Crippen LogP contribution in [0.1, 0.15) is 17.1 Å². The molecule has 2 rings (SSSR count). The van der Waals surface area contributed by atoms with Gasteiger partial charge in [0.2, 0.25) is 0 Å². The highest BCUT2D eigenvalue weighted by atomic mass is 35.5. The number of aryl methyl sites for hydroxylation is 1. The fourth-order valence-corrected chi connectivity index (χ4v) is 1.60. The van der Waals surface area contributed by atoms with Gasteiger partial charge in [0.05, 0.1) is 6.54 Å². The maximum Gasteiger partial charge on any atom is 0.121 e. The molecule has 0 N–H and O–H groups in total. The molecule has 12 heavy (non-hydrogen) atoms. The number of hydrogen-bond donors (Lipinski definition) is 0. The van der Waals surface area contributed by atoms with Crippen LogP contribution in [0.15, 0.2) is 10.5 Å². The van der Waals surface area contributed by atoms with Crippen LogP contribution in [0.5, 0.6) is 0 Å². The average Bonchev–Trinajstić information content (AvgIpc) is 2.27. The maximum atomic E-state index is 5.53. The first-order valence-corrected chi connectivity index (χ1v) is 4.02. The van der Waals surface area contributed by atoms with E-state index >= 15 is 0 Å². The van der Waals surface area contributed by atoms with Gasteiger partial charge in [-0.3, -0.25) is 4.90 Å². The number of likely N-dealkylation sites (N-methyl/N-ethyl adjacent to an activating group) is 1. The number of fused-ring (bicyclic) bond motifs is 1. The van der Waals surface area contributed by atoms with Crippen molar-refractivity contribution in [2.45, 2.75) is 19.9 Å². The molecule has 0 unspecified atom stereocenters. The molecule has 0 saturated carbocycles. The molecule has 0 saturated heterocycles. The van der Waals surface area contributed by atoms with Crippen molar-refractivity contribution in [2.24, 2.45) is 0 Å². The molecule has 1 aliphatic heterocycles. The van der Waals surface area contributed by atoms with Crippen LogP contribution in [0.4, 0.5) is 0 Å². The minimum Gasteiger partial charge on any atom is -0.465 e. The smallest absolute Gasteiger partial charge is 0.121 e. The molecule has 0 aliphatic carbocycles. The van der Waals surface area contributed by atoms with Crippen LogP contribution >= 0.6 is 12.4 Å². The molecule has 3 heteroatoms. The van der Waals surface area contributed by atoms with E-state index in [0.29, 0.717) is 0 Å². The van der Waals surface area contributed by atoms with Gasteiger partial charge < -0.3 is 4.42 Å². The van der Waals surface area contributed by atoms with Crippen molar-refractivity contribution >= 4 is 12.4 Å². The predicted molar refractivity (Wildman–Crippen MR) is 50.7 cm³/mol. The van der Waals surface area contributed by atoms with Gasteiger partial charge in [-0.1, -0.05) is 0 Å². The minimum absolute atomic E-state index is 0. The van der Waals surface area contributed by atoms with E-state index in [-0.39, 0.29) is 12.4 Å². The van der Waals surface area contributed by atoms with Gasteiger partial charge in [0.15, 0.2) is 0 Å². The van der Waals surface area contributed by atoms with E-state index in [4.69, 9.17) is 4.42 Å². The largest absolute Gasteiger partial charge is 0.465 e. The summed E-state index contributed by atoms with van der Waals surface area (Å²) in [5, 5.41) is 0. The second-order valence-electron chi connectivity index (χ2n) is 3.29. The van der Waals surface area contributed by atoms with E-state index in [2.05, 4.69) is 18.0 Å². The molecule has 0 amide bonds. The van der Waals surface area contributed by atoms with Gasteiger partial charge in [-0.25, -0.2) is 0 Å². The van der Waals surface area contributed by atoms with Crippen LogP contribution in [0.25, 0.3) is 0 Å². The van der Waals surface area contributed by atoms with Crippen molar-refractivity contribution in [3.63, 3.8) is 0 Å². The van der Waals surface area contributed by atoms with Crippen molar-refractivity contribution in [2.75, 3.05) is 13.6 Å². The Morgan fingerprint density at radius 3 is 3.00 bits per heavy atom. The quantitative estimate of drug-likeness (QED) is 0.618. The Balaban J connectivity index is 0.000000720. The van der Waals surface area contributed by atoms with Gasteiger partial charge in [-0.2, -0.15) is 0 Å². The van der Waals surface area contributed by atoms with E-state index in [1.165, 1.54) is 5.56 Å². The van der Waals surface area contributed by atoms with Crippen LogP contribution in [-0.4, -0.2) is 18.5 Å². The Morgan fingerprint density at radius 2 is 2.25 bits per heavy atom. The lowest BCUT2D eigenvalue weighted by atomic mass is 10.1. The molecule has 1 aliphatic rings. The monoisotopic (exact) mass is 187 g/mol. The molecule has 0 bridgehead atoms. The summed E-state index contributed by atoms with van der Waals surface area (Å²) in [7, 11) is 2.13. The number of halogens is 1. The third-order valence-corrected chi connectivity index (χ3v) is 2.20. The lowest BCUT2D eigenvalue weighted by molar-refractivity contribution is 0.275. The summed E-state index contributed by atoms with van der Waals surface area (Å²) in [5.41, 5.74) is 1.40. The Hall–Kier alpha value is -0.470. The molecule has 2 heterocycles. The Kier molecular flexibility index (Phi) is 2.80. The van der Waals surface area contributed by atoms with Gasteiger partial charge >= 0.3 is 0 Å². The molecule has 0 atom stereocenters. The summed E-state index contributed by atoms with van der Waals surface area (Å²) in [4.78, 5) is 2.28. The van der Waals surface area contributed by atoms with Crippen LogP contribution in [0.2, 0.25) is 0 Å². The number of furan rings is 1. The Labute approximate surface area is 79.0 Å². The zero-order chi connectivity index (χ0) is 7.84. The SMILES string of the molecule is Cc1cc2c(o1)CN(C)CC2.Cl. The first kappa shape index (κ1) is 9.62. The fraction of sp³-hybridized carbons (Fsp3) is 0.556. The Morgan fingerprint density at radius 1 is 1.50 bits per heavy atom. The topological polar surface area (TPSA) is 16.4 Å². The van der Waals surface area contributed by atoms with Gasteiger partial charge in [-0.05, 0) is 32.0 Å². The average molecular weight is 188 g/mol. The summed E-state index contributed by atoms with van der Waals surface area (Å²) in [6.45, 7) is 4.15. The van der Waals surface area contributed by atoms with E-state index in [9.17, 15) is 0 Å². The third-order valence-electron chi connectivity index (χ3n) is 2.20. The minimum atomic E-state index is 0. The highest BCUT2D eigenvalue weighted by molar-refractivity contribution is 5.85. The summed E-state index contributed by atoms with van der Waals surface area (Å²) in [5.74, 6) is 2.21. The zero-order valence-electron chi connectivity index (χ0n) is 7.46. The molecule has 68 valence electrons. The van der Waals surface area contributed by atoms with Crippen molar-refractivity contribution < 1.29 is 4.42 Å². The molecule has 0 aromatic carbocycles. The van der Waals surface area contributed by atoms with Crippen LogP contribution in [0.3, 0.4) is 0 Å². The van der Waals surface area contributed by atoms with Gasteiger partial charge in [0, 0.05) is 6.54 Å². The van der Waals surface area contributed by atoms with Crippen molar-refractivity contribution in [1.82, 2.24) is 4.90 Å². The highest BCUT2D eigenvalue weighted by Gasteiger charge is 2.16. The van der Waals surface area contributed by atoms with Gasteiger partial charge in [0.25, 0.3) is 0 Å². The first-order chi connectivity index (χ1) is 5.25. The molecular weight excluding hydrogens is 174 g/mol. The van der Waals surface area contributed by atoms with E-state index in [1.54, 1.807) is 0 Å². The molecule has 1 aromatic heterocycles. The molecule has 2 nitrogen and oxygen atoms in total. The summed E-state index contributed by atoms with van der Waals surface area (Å²) in [6, 6.07) is 2.16. The van der Waals surface area contributed by atoms with E-state index in [0.717, 1.165) is 31.0 Å². The summed E-state index contributed by atoms with van der Waals surface area (Å²) >= 11 is 0. The van der Waals surface area contributed by atoms with Gasteiger partial charge in [0.1, 0.15) is 11.5 Å². The van der Waals surface area contributed by atoms with E-state index < -0.39 is 0 Å². The molecule has 0 radical (unpaired) electrons. The third kappa shape index (κ3) is 1.65. The highest BCUT2D eigenvalue weighted by Crippen LogP contribution is 2.20. The number of nitrogens with zero attached hydrogens (tertiary/aromatic N) is 1.